The van der Waals surface area contributed by atoms with E-state index in [0.29, 0.717) is 6.54 Å². The zero-order valence-electron chi connectivity index (χ0n) is 15.5. The fourth-order valence-corrected chi connectivity index (χ4v) is 5.01. The van der Waals surface area contributed by atoms with Gasteiger partial charge in [-0.1, -0.05) is 35.9 Å². The van der Waals surface area contributed by atoms with Crippen LogP contribution in [0.1, 0.15) is 44.1 Å². The highest BCUT2D eigenvalue weighted by Gasteiger charge is 2.45. The maximum Gasteiger partial charge on any atom is 0.127 e. The van der Waals surface area contributed by atoms with Gasteiger partial charge >= 0.3 is 0 Å². The number of rotatable bonds is 3. The van der Waals surface area contributed by atoms with E-state index in [1.165, 1.54) is 31.4 Å². The number of amidine groups is 1. The molecule has 2 aromatic rings. The Kier molecular flexibility index (Phi) is 4.35. The first-order valence-corrected chi connectivity index (χ1v) is 10.5. The Bertz CT molecular complexity index is 863. The minimum Gasteiger partial charge on any atom is -0.371 e. The lowest BCUT2D eigenvalue weighted by Crippen LogP contribution is -2.54. The van der Waals surface area contributed by atoms with Gasteiger partial charge in [0.15, 0.2) is 0 Å². The highest BCUT2D eigenvalue weighted by Crippen LogP contribution is 2.48. The van der Waals surface area contributed by atoms with Crippen LogP contribution in [-0.2, 0) is 6.54 Å². The summed E-state index contributed by atoms with van der Waals surface area (Å²) in [5.41, 5.74) is 3.41. The van der Waals surface area contributed by atoms with Gasteiger partial charge in [0.1, 0.15) is 5.84 Å². The average molecular weight is 380 g/mol. The Hall–Kier alpha value is -2.00. The van der Waals surface area contributed by atoms with Crippen molar-refractivity contribution < 1.29 is 0 Å². The van der Waals surface area contributed by atoms with E-state index in [4.69, 9.17) is 16.6 Å². The summed E-state index contributed by atoms with van der Waals surface area (Å²) in [5, 5.41) is 8.30. The fraction of sp³-hybridized carbons (Fsp3) is 0.435. The van der Waals surface area contributed by atoms with Crippen LogP contribution in [-0.4, -0.2) is 11.4 Å². The molecule has 1 heterocycles. The minimum atomic E-state index is -0.0572. The van der Waals surface area contributed by atoms with Gasteiger partial charge in [-0.3, -0.25) is 4.99 Å². The molecule has 27 heavy (non-hydrogen) atoms. The van der Waals surface area contributed by atoms with Gasteiger partial charge in [0, 0.05) is 5.02 Å². The molecule has 0 radical (unpaired) electrons. The van der Waals surface area contributed by atoms with Crippen molar-refractivity contribution in [3.63, 3.8) is 0 Å². The molecular formula is C23H26ClN3. The Labute approximate surface area is 166 Å². The number of nitrogens with zero attached hydrogens (tertiary/aromatic N) is 1. The third kappa shape index (κ3) is 3.45. The summed E-state index contributed by atoms with van der Waals surface area (Å²) < 4.78 is 0. The van der Waals surface area contributed by atoms with Crippen LogP contribution >= 0.6 is 11.6 Å². The molecule has 0 amide bonds. The standard InChI is InChI=1S/C23H26ClN3/c24-19-5-3-4-16(14-19)15-25-22-23(12-10-18(11-13-23)17-8-9-17)27-21-7-2-1-6-20(21)26-22/h1-7,14,17-18,27H,8-13,15H2,(H,25,26). The van der Waals surface area contributed by atoms with Crippen molar-refractivity contribution in [2.24, 2.45) is 16.8 Å². The van der Waals surface area contributed by atoms with E-state index in [0.717, 1.165) is 46.8 Å². The van der Waals surface area contributed by atoms with Crippen LogP contribution in [0.5, 0.6) is 0 Å². The smallest absolute Gasteiger partial charge is 0.127 e. The number of halogens is 1. The number of hydrogen-bond donors (Lipinski definition) is 2. The second-order valence-corrected chi connectivity index (χ2v) is 8.78. The lowest BCUT2D eigenvalue weighted by atomic mass is 9.73. The van der Waals surface area contributed by atoms with Gasteiger partial charge in [-0.2, -0.15) is 0 Å². The predicted molar refractivity (Wildman–Crippen MR) is 114 cm³/mol. The van der Waals surface area contributed by atoms with Gasteiger partial charge in [-0.15, -0.1) is 0 Å². The van der Waals surface area contributed by atoms with Gasteiger partial charge in [0.2, 0.25) is 0 Å². The number of fused-ring (bicyclic) bond motifs is 1. The molecule has 0 unspecified atom stereocenters. The SMILES string of the molecule is Clc1cccc(CN=C2Nc3ccccc3NC23CCC(C2CC2)CC3)c1. The topological polar surface area (TPSA) is 36.4 Å². The first-order chi connectivity index (χ1) is 13.2. The molecule has 0 atom stereocenters. The molecule has 1 aliphatic heterocycles. The van der Waals surface area contributed by atoms with E-state index in [-0.39, 0.29) is 5.54 Å². The minimum absolute atomic E-state index is 0.0572. The van der Waals surface area contributed by atoms with Gasteiger partial charge in [-0.05, 0) is 80.2 Å². The Balaban J connectivity index is 1.43. The van der Waals surface area contributed by atoms with E-state index in [1.807, 2.05) is 18.2 Å². The van der Waals surface area contributed by atoms with Crippen LogP contribution in [0.25, 0.3) is 0 Å². The van der Waals surface area contributed by atoms with Crippen LogP contribution in [0.15, 0.2) is 53.5 Å². The van der Waals surface area contributed by atoms with E-state index in [9.17, 15) is 0 Å². The number of benzene rings is 2. The summed E-state index contributed by atoms with van der Waals surface area (Å²) >= 11 is 6.15. The molecule has 2 fully saturated rings. The first-order valence-electron chi connectivity index (χ1n) is 10.2. The van der Waals surface area contributed by atoms with Gasteiger partial charge in [-0.25, -0.2) is 0 Å². The number of anilines is 2. The average Bonchev–Trinajstić information content (AvgIpc) is 3.52. The molecule has 2 aliphatic carbocycles. The van der Waals surface area contributed by atoms with E-state index in [2.05, 4.69) is 41.0 Å². The van der Waals surface area contributed by atoms with Crippen LogP contribution in [0, 0.1) is 11.8 Å². The molecule has 0 saturated heterocycles. The molecule has 0 aromatic heterocycles. The molecule has 2 N–H and O–H groups in total. The Morgan fingerprint density at radius 2 is 1.67 bits per heavy atom. The van der Waals surface area contributed by atoms with Gasteiger partial charge in [0.05, 0.1) is 23.5 Å². The highest BCUT2D eigenvalue weighted by molar-refractivity contribution is 6.30. The molecule has 3 nitrogen and oxygen atoms in total. The number of hydrogen-bond acceptors (Lipinski definition) is 2. The van der Waals surface area contributed by atoms with Gasteiger partial charge < -0.3 is 10.6 Å². The van der Waals surface area contributed by atoms with Crippen LogP contribution in [0.2, 0.25) is 5.02 Å². The van der Waals surface area contributed by atoms with E-state index in [1.54, 1.807) is 0 Å². The summed E-state index contributed by atoms with van der Waals surface area (Å²) in [6.45, 7) is 0.653. The fourth-order valence-electron chi connectivity index (χ4n) is 4.80. The monoisotopic (exact) mass is 379 g/mol. The highest BCUT2D eigenvalue weighted by atomic mass is 35.5. The normalized spacial score (nSPS) is 28.5. The zero-order valence-corrected chi connectivity index (χ0v) is 16.3. The second kappa shape index (κ2) is 6.87. The summed E-state index contributed by atoms with van der Waals surface area (Å²) in [6, 6.07) is 16.5. The maximum atomic E-state index is 6.15. The molecule has 1 spiro atoms. The van der Waals surface area contributed by atoms with Crippen molar-refractivity contribution in [1.82, 2.24) is 0 Å². The van der Waals surface area contributed by atoms with Crippen LogP contribution in [0.3, 0.4) is 0 Å². The molecule has 0 bridgehead atoms. The maximum absolute atomic E-state index is 6.15. The largest absolute Gasteiger partial charge is 0.371 e. The van der Waals surface area contributed by atoms with E-state index < -0.39 is 0 Å². The van der Waals surface area contributed by atoms with Crippen molar-refractivity contribution in [3.8, 4) is 0 Å². The van der Waals surface area contributed by atoms with Crippen LogP contribution in [0.4, 0.5) is 11.4 Å². The lowest BCUT2D eigenvalue weighted by Gasteiger charge is -2.45. The summed E-state index contributed by atoms with van der Waals surface area (Å²) in [4.78, 5) is 5.04. The summed E-state index contributed by atoms with van der Waals surface area (Å²) in [6.07, 6.45) is 7.81. The molecule has 4 heteroatoms. The summed E-state index contributed by atoms with van der Waals surface area (Å²) in [7, 11) is 0. The van der Waals surface area contributed by atoms with Crippen molar-refractivity contribution >= 4 is 28.8 Å². The molecule has 2 saturated carbocycles. The molecule has 5 rings (SSSR count). The van der Waals surface area contributed by atoms with Gasteiger partial charge in [0.25, 0.3) is 0 Å². The second-order valence-electron chi connectivity index (χ2n) is 8.35. The van der Waals surface area contributed by atoms with Crippen LogP contribution < -0.4 is 10.6 Å². The Morgan fingerprint density at radius 1 is 0.926 bits per heavy atom. The number of para-hydroxylation sites is 2. The van der Waals surface area contributed by atoms with E-state index >= 15 is 0 Å². The van der Waals surface area contributed by atoms with Crippen molar-refractivity contribution in [3.05, 3.63) is 59.1 Å². The zero-order chi connectivity index (χ0) is 18.3. The summed E-state index contributed by atoms with van der Waals surface area (Å²) in [5.74, 6) is 3.01. The van der Waals surface area contributed by atoms with Crippen molar-refractivity contribution in [2.75, 3.05) is 10.6 Å². The molecular weight excluding hydrogens is 354 g/mol. The first kappa shape index (κ1) is 17.1. The predicted octanol–water partition coefficient (Wildman–Crippen LogP) is 6.12. The molecule has 3 aliphatic rings. The third-order valence-electron chi connectivity index (χ3n) is 6.49. The molecule has 2 aromatic carbocycles. The third-order valence-corrected chi connectivity index (χ3v) is 6.72. The number of aliphatic imine (C=N–C) groups is 1. The Morgan fingerprint density at radius 3 is 2.41 bits per heavy atom. The number of nitrogens with one attached hydrogen (secondary N) is 2. The van der Waals surface area contributed by atoms with Crippen molar-refractivity contribution in [2.45, 2.75) is 50.6 Å². The lowest BCUT2D eigenvalue weighted by molar-refractivity contribution is 0.276. The van der Waals surface area contributed by atoms with Crippen molar-refractivity contribution in [1.29, 1.82) is 0 Å². The molecule has 140 valence electrons. The quantitative estimate of drug-likeness (QED) is 0.674.